The van der Waals surface area contributed by atoms with Crippen molar-refractivity contribution in [1.82, 2.24) is 4.90 Å². The highest BCUT2D eigenvalue weighted by molar-refractivity contribution is 5.31. The summed E-state index contributed by atoms with van der Waals surface area (Å²) in [5.41, 5.74) is 9.07. The molecule has 3 rings (SSSR count). The fraction of sp³-hybridized carbons (Fsp3) is 0.647. The van der Waals surface area contributed by atoms with Crippen molar-refractivity contribution in [2.24, 2.45) is 11.7 Å². The molecule has 1 aliphatic carbocycles. The van der Waals surface area contributed by atoms with Gasteiger partial charge in [0.1, 0.15) is 0 Å². The largest absolute Gasteiger partial charge is 0.330 e. The lowest BCUT2D eigenvalue weighted by Crippen LogP contribution is -2.40. The Morgan fingerprint density at radius 3 is 2.89 bits per heavy atom. The molecule has 0 amide bonds. The standard InChI is InChI=1S/C17H26N2/c18-12-14-6-5-11-19(13-14)17-10-4-2-8-15-7-1-3-9-16(15)17/h1,3,7,9,14,17H,2,4-6,8,10-13,18H2. The summed E-state index contributed by atoms with van der Waals surface area (Å²) in [5, 5.41) is 0. The first-order chi connectivity index (χ1) is 9.38. The molecule has 0 saturated carbocycles. The van der Waals surface area contributed by atoms with Gasteiger partial charge in [-0.3, -0.25) is 4.90 Å². The van der Waals surface area contributed by atoms with Crippen LogP contribution in [0.3, 0.4) is 0 Å². The van der Waals surface area contributed by atoms with Crippen molar-refractivity contribution in [1.29, 1.82) is 0 Å². The first-order valence-corrected chi connectivity index (χ1v) is 7.90. The Labute approximate surface area is 117 Å². The maximum Gasteiger partial charge on any atom is 0.0350 e. The number of likely N-dealkylation sites (tertiary alicyclic amines) is 1. The van der Waals surface area contributed by atoms with Crippen molar-refractivity contribution in [3.63, 3.8) is 0 Å². The molecule has 104 valence electrons. The normalized spacial score (nSPS) is 28.7. The van der Waals surface area contributed by atoms with Crippen LogP contribution in [0.1, 0.15) is 49.3 Å². The highest BCUT2D eigenvalue weighted by atomic mass is 15.2. The van der Waals surface area contributed by atoms with E-state index in [4.69, 9.17) is 5.73 Å². The minimum Gasteiger partial charge on any atom is -0.330 e. The molecule has 2 unspecified atom stereocenters. The van der Waals surface area contributed by atoms with Crippen LogP contribution in [0, 0.1) is 5.92 Å². The molecule has 2 heteroatoms. The highest BCUT2D eigenvalue weighted by Crippen LogP contribution is 2.35. The smallest absolute Gasteiger partial charge is 0.0350 e. The summed E-state index contributed by atoms with van der Waals surface area (Å²) in [6.45, 7) is 3.32. The third-order valence-electron chi connectivity index (χ3n) is 4.91. The molecule has 1 fully saturated rings. The third kappa shape index (κ3) is 2.85. The van der Waals surface area contributed by atoms with Gasteiger partial charge in [0, 0.05) is 12.6 Å². The van der Waals surface area contributed by atoms with E-state index in [2.05, 4.69) is 29.2 Å². The Bertz CT molecular complexity index is 415. The van der Waals surface area contributed by atoms with Crippen molar-refractivity contribution >= 4 is 0 Å². The van der Waals surface area contributed by atoms with Gasteiger partial charge in [-0.15, -0.1) is 0 Å². The van der Waals surface area contributed by atoms with Gasteiger partial charge < -0.3 is 5.73 Å². The van der Waals surface area contributed by atoms with Crippen molar-refractivity contribution < 1.29 is 0 Å². The fourth-order valence-electron chi connectivity index (χ4n) is 3.85. The fourth-order valence-corrected chi connectivity index (χ4v) is 3.85. The lowest BCUT2D eigenvalue weighted by molar-refractivity contribution is 0.119. The van der Waals surface area contributed by atoms with E-state index in [1.165, 1.54) is 51.6 Å². The van der Waals surface area contributed by atoms with E-state index in [0.29, 0.717) is 12.0 Å². The molecule has 0 bridgehead atoms. The van der Waals surface area contributed by atoms with Crippen LogP contribution in [0.25, 0.3) is 0 Å². The Balaban J connectivity index is 1.83. The molecule has 2 aliphatic rings. The summed E-state index contributed by atoms with van der Waals surface area (Å²) in [6.07, 6.45) is 7.95. The zero-order valence-corrected chi connectivity index (χ0v) is 11.9. The van der Waals surface area contributed by atoms with Gasteiger partial charge in [-0.1, -0.05) is 30.7 Å². The van der Waals surface area contributed by atoms with E-state index in [-0.39, 0.29) is 0 Å². The van der Waals surface area contributed by atoms with Crippen LogP contribution in [-0.4, -0.2) is 24.5 Å². The van der Waals surface area contributed by atoms with Gasteiger partial charge in [0.2, 0.25) is 0 Å². The van der Waals surface area contributed by atoms with Gasteiger partial charge in [-0.05, 0) is 62.2 Å². The minimum atomic E-state index is 0.646. The van der Waals surface area contributed by atoms with E-state index >= 15 is 0 Å². The summed E-state index contributed by atoms with van der Waals surface area (Å²) in [5.74, 6) is 0.712. The first-order valence-electron chi connectivity index (χ1n) is 7.90. The number of aryl methyl sites for hydroxylation is 1. The molecule has 0 radical (unpaired) electrons. The molecule has 1 aromatic carbocycles. The van der Waals surface area contributed by atoms with E-state index in [9.17, 15) is 0 Å². The van der Waals surface area contributed by atoms with E-state index in [1.54, 1.807) is 11.1 Å². The molecule has 0 aromatic heterocycles. The summed E-state index contributed by atoms with van der Waals surface area (Å²) in [4.78, 5) is 2.71. The van der Waals surface area contributed by atoms with Gasteiger partial charge in [0.05, 0.1) is 0 Å². The number of benzene rings is 1. The summed E-state index contributed by atoms with van der Waals surface area (Å²) >= 11 is 0. The van der Waals surface area contributed by atoms with Crippen molar-refractivity contribution in [3.05, 3.63) is 35.4 Å². The number of rotatable bonds is 2. The van der Waals surface area contributed by atoms with Gasteiger partial charge >= 0.3 is 0 Å². The third-order valence-corrected chi connectivity index (χ3v) is 4.91. The molecule has 2 N–H and O–H groups in total. The molecule has 1 aliphatic heterocycles. The number of nitrogens with zero attached hydrogens (tertiary/aromatic N) is 1. The lowest BCUT2D eigenvalue weighted by atomic mass is 9.92. The van der Waals surface area contributed by atoms with Crippen LogP contribution in [0.4, 0.5) is 0 Å². The topological polar surface area (TPSA) is 29.3 Å². The van der Waals surface area contributed by atoms with Crippen LogP contribution in [0.15, 0.2) is 24.3 Å². The van der Waals surface area contributed by atoms with Crippen LogP contribution in [0.5, 0.6) is 0 Å². The first kappa shape index (κ1) is 13.1. The molecule has 1 heterocycles. The Kier molecular flexibility index (Phi) is 4.19. The Morgan fingerprint density at radius 2 is 2.00 bits per heavy atom. The maximum atomic E-state index is 5.89. The molecular weight excluding hydrogens is 232 g/mol. The van der Waals surface area contributed by atoms with Gasteiger partial charge in [0.15, 0.2) is 0 Å². The predicted octanol–water partition coefficient (Wildman–Crippen LogP) is 3.12. The Morgan fingerprint density at radius 1 is 1.11 bits per heavy atom. The van der Waals surface area contributed by atoms with Gasteiger partial charge in [-0.25, -0.2) is 0 Å². The summed E-state index contributed by atoms with van der Waals surface area (Å²) < 4.78 is 0. The predicted molar refractivity (Wildman–Crippen MR) is 80.1 cm³/mol. The molecule has 19 heavy (non-hydrogen) atoms. The quantitative estimate of drug-likeness (QED) is 0.826. The number of piperidine rings is 1. The molecule has 0 spiro atoms. The number of hydrogen-bond acceptors (Lipinski definition) is 2. The van der Waals surface area contributed by atoms with Crippen LogP contribution in [0.2, 0.25) is 0 Å². The Hall–Kier alpha value is -0.860. The second-order valence-corrected chi connectivity index (χ2v) is 6.20. The molecule has 2 nitrogen and oxygen atoms in total. The van der Waals surface area contributed by atoms with Crippen molar-refractivity contribution in [2.45, 2.75) is 44.6 Å². The second-order valence-electron chi connectivity index (χ2n) is 6.20. The number of nitrogens with two attached hydrogens (primary N) is 1. The van der Waals surface area contributed by atoms with E-state index in [1.807, 2.05) is 0 Å². The summed E-state index contributed by atoms with van der Waals surface area (Å²) in [6, 6.07) is 9.74. The molecule has 1 saturated heterocycles. The SMILES string of the molecule is NCC1CCCN(C2CCCCc3ccccc32)C1. The molecular formula is C17H26N2. The number of hydrogen-bond donors (Lipinski definition) is 1. The number of fused-ring (bicyclic) bond motifs is 1. The minimum absolute atomic E-state index is 0.646. The van der Waals surface area contributed by atoms with Crippen LogP contribution >= 0.6 is 0 Å². The monoisotopic (exact) mass is 258 g/mol. The zero-order chi connectivity index (χ0) is 13.1. The second kappa shape index (κ2) is 6.06. The zero-order valence-electron chi connectivity index (χ0n) is 11.9. The van der Waals surface area contributed by atoms with Crippen molar-refractivity contribution in [3.8, 4) is 0 Å². The van der Waals surface area contributed by atoms with Gasteiger partial charge in [-0.2, -0.15) is 0 Å². The molecule has 2 atom stereocenters. The molecule has 1 aromatic rings. The maximum absolute atomic E-state index is 5.89. The lowest BCUT2D eigenvalue weighted by Gasteiger charge is -2.38. The van der Waals surface area contributed by atoms with Gasteiger partial charge in [0.25, 0.3) is 0 Å². The van der Waals surface area contributed by atoms with E-state index < -0.39 is 0 Å². The van der Waals surface area contributed by atoms with E-state index in [0.717, 1.165) is 6.54 Å². The van der Waals surface area contributed by atoms with Crippen LogP contribution in [-0.2, 0) is 6.42 Å². The van der Waals surface area contributed by atoms with Crippen LogP contribution < -0.4 is 5.73 Å². The average Bonchev–Trinajstić information content (AvgIpc) is 2.69. The highest BCUT2D eigenvalue weighted by Gasteiger charge is 2.28. The average molecular weight is 258 g/mol. The summed E-state index contributed by atoms with van der Waals surface area (Å²) in [7, 11) is 0. The van der Waals surface area contributed by atoms with Crippen molar-refractivity contribution in [2.75, 3.05) is 19.6 Å².